The molecular weight excluding hydrogens is 352 g/mol. The van der Waals surface area contributed by atoms with E-state index in [0.717, 1.165) is 16.6 Å². The molecule has 0 spiro atoms. The fourth-order valence-corrected chi connectivity index (χ4v) is 4.43. The molecular formula is C19H18N2O4S. The number of hydrogen-bond donors (Lipinski definition) is 0. The maximum Gasteiger partial charge on any atom is 0.234 e. The zero-order chi connectivity index (χ0) is 18.3. The Labute approximate surface area is 155 Å². The summed E-state index contributed by atoms with van der Waals surface area (Å²) >= 11 is 1.57. The fourth-order valence-electron chi connectivity index (χ4n) is 3.22. The van der Waals surface area contributed by atoms with Gasteiger partial charge < -0.3 is 14.2 Å². The molecule has 1 aromatic heterocycles. The third-order valence-corrected chi connectivity index (χ3v) is 5.65. The third-order valence-electron chi connectivity index (χ3n) is 4.45. The number of thioether (sulfide) groups is 1. The first kappa shape index (κ1) is 16.8. The quantitative estimate of drug-likeness (QED) is 0.693. The Hall–Kier alpha value is -2.67. The standard InChI is InChI=1S/C19H18N2O4S/c1-23-14-8-11(9-15(24-2)18(14)25-3)16-10-17(22)21-13-7-5-4-6-12(13)20-19(21)26-16/h4-9,16H,10H2,1-3H3/t16-/m1/s1. The van der Waals surface area contributed by atoms with Crippen LogP contribution in [0.2, 0.25) is 0 Å². The number of aromatic nitrogens is 2. The van der Waals surface area contributed by atoms with Gasteiger partial charge in [0.1, 0.15) is 0 Å². The van der Waals surface area contributed by atoms with E-state index in [1.165, 1.54) is 0 Å². The summed E-state index contributed by atoms with van der Waals surface area (Å²) in [5.41, 5.74) is 2.62. The van der Waals surface area contributed by atoms with Crippen LogP contribution in [-0.4, -0.2) is 36.8 Å². The minimum atomic E-state index is -0.0690. The van der Waals surface area contributed by atoms with Gasteiger partial charge in [0.2, 0.25) is 11.7 Å². The molecule has 0 radical (unpaired) electrons. The van der Waals surface area contributed by atoms with E-state index in [4.69, 9.17) is 14.2 Å². The summed E-state index contributed by atoms with van der Waals surface area (Å²) in [5.74, 6) is 1.73. The molecule has 0 N–H and O–H groups in total. The van der Waals surface area contributed by atoms with Crippen LogP contribution in [0.25, 0.3) is 11.0 Å². The molecule has 4 rings (SSSR count). The van der Waals surface area contributed by atoms with Crippen molar-refractivity contribution in [3.63, 3.8) is 0 Å². The van der Waals surface area contributed by atoms with E-state index in [1.807, 2.05) is 36.4 Å². The average Bonchev–Trinajstić information content (AvgIpc) is 3.05. The maximum atomic E-state index is 12.8. The Morgan fingerprint density at radius 1 is 1.08 bits per heavy atom. The average molecular weight is 370 g/mol. The van der Waals surface area contributed by atoms with Crippen LogP contribution in [0, 0.1) is 0 Å². The second-order valence-corrected chi connectivity index (χ2v) is 7.05. The highest BCUT2D eigenvalue weighted by Crippen LogP contribution is 2.47. The molecule has 7 heteroatoms. The summed E-state index contributed by atoms with van der Waals surface area (Å²) in [7, 11) is 4.74. The Morgan fingerprint density at radius 2 is 1.77 bits per heavy atom. The van der Waals surface area contributed by atoms with Crippen LogP contribution in [0.1, 0.15) is 22.0 Å². The Balaban J connectivity index is 1.77. The summed E-state index contributed by atoms with van der Waals surface area (Å²) < 4.78 is 17.9. The molecule has 1 aliphatic heterocycles. The molecule has 134 valence electrons. The number of para-hydroxylation sites is 2. The van der Waals surface area contributed by atoms with Crippen LogP contribution >= 0.6 is 11.8 Å². The van der Waals surface area contributed by atoms with Gasteiger partial charge in [-0.3, -0.25) is 9.36 Å². The van der Waals surface area contributed by atoms with E-state index in [2.05, 4.69) is 4.98 Å². The van der Waals surface area contributed by atoms with Crippen molar-refractivity contribution in [2.75, 3.05) is 21.3 Å². The number of methoxy groups -OCH3 is 3. The largest absolute Gasteiger partial charge is 0.493 e. The lowest BCUT2D eigenvalue weighted by Crippen LogP contribution is -2.19. The van der Waals surface area contributed by atoms with Crippen molar-refractivity contribution in [3.8, 4) is 17.2 Å². The zero-order valence-electron chi connectivity index (χ0n) is 14.7. The van der Waals surface area contributed by atoms with Gasteiger partial charge in [-0.1, -0.05) is 23.9 Å². The van der Waals surface area contributed by atoms with Crippen molar-refractivity contribution in [1.29, 1.82) is 0 Å². The number of carbonyl (C=O) groups excluding carboxylic acids is 1. The van der Waals surface area contributed by atoms with Crippen molar-refractivity contribution in [1.82, 2.24) is 9.55 Å². The highest BCUT2D eigenvalue weighted by Gasteiger charge is 2.31. The number of fused-ring (bicyclic) bond motifs is 3. The van der Waals surface area contributed by atoms with E-state index in [1.54, 1.807) is 37.7 Å². The van der Waals surface area contributed by atoms with Crippen LogP contribution in [0.4, 0.5) is 0 Å². The number of imidazole rings is 1. The second kappa shape index (κ2) is 6.57. The molecule has 2 heterocycles. The molecule has 0 fully saturated rings. The summed E-state index contributed by atoms with van der Waals surface area (Å²) in [4.78, 5) is 17.4. The molecule has 0 saturated carbocycles. The first-order valence-electron chi connectivity index (χ1n) is 8.13. The molecule has 6 nitrogen and oxygen atoms in total. The minimum Gasteiger partial charge on any atom is -0.493 e. The molecule has 0 unspecified atom stereocenters. The Bertz CT molecular complexity index is 973. The third kappa shape index (κ3) is 2.59. The van der Waals surface area contributed by atoms with Crippen LogP contribution in [0.5, 0.6) is 17.2 Å². The fraction of sp³-hybridized carbons (Fsp3) is 0.263. The normalized spacial score (nSPS) is 16.4. The highest BCUT2D eigenvalue weighted by molar-refractivity contribution is 7.99. The number of ether oxygens (including phenoxy) is 3. The lowest BCUT2D eigenvalue weighted by molar-refractivity contribution is 0.0891. The van der Waals surface area contributed by atoms with Gasteiger partial charge in [-0.15, -0.1) is 0 Å². The van der Waals surface area contributed by atoms with Gasteiger partial charge in [-0.05, 0) is 29.8 Å². The van der Waals surface area contributed by atoms with Crippen LogP contribution in [-0.2, 0) is 0 Å². The summed E-state index contributed by atoms with van der Waals surface area (Å²) in [6.45, 7) is 0. The van der Waals surface area contributed by atoms with Crippen LogP contribution < -0.4 is 14.2 Å². The zero-order valence-corrected chi connectivity index (χ0v) is 15.5. The van der Waals surface area contributed by atoms with E-state index in [-0.39, 0.29) is 11.2 Å². The van der Waals surface area contributed by atoms with Gasteiger partial charge in [-0.2, -0.15) is 0 Å². The molecule has 1 atom stereocenters. The van der Waals surface area contributed by atoms with Crippen molar-refractivity contribution in [2.45, 2.75) is 16.8 Å². The maximum absolute atomic E-state index is 12.8. The van der Waals surface area contributed by atoms with Gasteiger partial charge >= 0.3 is 0 Å². The van der Waals surface area contributed by atoms with E-state index in [0.29, 0.717) is 28.8 Å². The van der Waals surface area contributed by atoms with Crippen LogP contribution in [0.15, 0.2) is 41.6 Å². The van der Waals surface area contributed by atoms with Gasteiger partial charge in [0, 0.05) is 11.7 Å². The highest BCUT2D eigenvalue weighted by atomic mass is 32.2. The van der Waals surface area contributed by atoms with E-state index < -0.39 is 0 Å². The monoisotopic (exact) mass is 370 g/mol. The smallest absolute Gasteiger partial charge is 0.234 e. The number of benzene rings is 2. The summed E-state index contributed by atoms with van der Waals surface area (Å²) in [6, 6.07) is 11.5. The van der Waals surface area contributed by atoms with Crippen molar-refractivity contribution in [3.05, 3.63) is 42.0 Å². The molecule has 2 aromatic carbocycles. The van der Waals surface area contributed by atoms with Crippen molar-refractivity contribution >= 4 is 28.7 Å². The lowest BCUT2D eigenvalue weighted by Gasteiger charge is -2.23. The molecule has 0 bridgehead atoms. The molecule has 3 aromatic rings. The van der Waals surface area contributed by atoms with Crippen molar-refractivity contribution < 1.29 is 19.0 Å². The molecule has 0 aliphatic carbocycles. The minimum absolute atomic E-state index is 0.0335. The number of hydrogen-bond acceptors (Lipinski definition) is 6. The van der Waals surface area contributed by atoms with E-state index in [9.17, 15) is 4.79 Å². The second-order valence-electron chi connectivity index (χ2n) is 5.88. The molecule has 26 heavy (non-hydrogen) atoms. The number of rotatable bonds is 4. The topological polar surface area (TPSA) is 62.6 Å². The number of carbonyl (C=O) groups is 1. The SMILES string of the molecule is COc1cc([C@H]2CC(=O)n3c(nc4ccccc43)S2)cc(OC)c1OC. The lowest BCUT2D eigenvalue weighted by atomic mass is 10.1. The van der Waals surface area contributed by atoms with E-state index >= 15 is 0 Å². The summed E-state index contributed by atoms with van der Waals surface area (Å²) in [6.07, 6.45) is 0.372. The summed E-state index contributed by atoms with van der Waals surface area (Å²) in [5, 5.41) is 0.640. The van der Waals surface area contributed by atoms with Gasteiger partial charge in [0.05, 0.1) is 32.4 Å². The Morgan fingerprint density at radius 3 is 2.42 bits per heavy atom. The Kier molecular flexibility index (Phi) is 4.24. The predicted octanol–water partition coefficient (Wildman–Crippen LogP) is 3.94. The first-order valence-corrected chi connectivity index (χ1v) is 9.01. The van der Waals surface area contributed by atoms with Crippen molar-refractivity contribution in [2.24, 2.45) is 0 Å². The molecule has 1 aliphatic rings. The predicted molar refractivity (Wildman–Crippen MR) is 99.7 cm³/mol. The molecule has 0 amide bonds. The molecule has 0 saturated heterocycles. The van der Waals surface area contributed by atoms with Gasteiger partial charge in [0.15, 0.2) is 16.7 Å². The van der Waals surface area contributed by atoms with Gasteiger partial charge in [0.25, 0.3) is 0 Å². The number of nitrogens with zero attached hydrogens (tertiary/aromatic N) is 2. The van der Waals surface area contributed by atoms with Crippen LogP contribution in [0.3, 0.4) is 0 Å². The van der Waals surface area contributed by atoms with Gasteiger partial charge in [-0.25, -0.2) is 4.98 Å². The first-order chi connectivity index (χ1) is 12.7.